The molecular formula is C14H20N2O2S. The van der Waals surface area contributed by atoms with Crippen LogP contribution in [-0.2, 0) is 15.0 Å². The summed E-state index contributed by atoms with van der Waals surface area (Å²) in [5.41, 5.74) is 0.899. The highest BCUT2D eigenvalue weighted by Crippen LogP contribution is 2.36. The fourth-order valence-electron chi connectivity index (χ4n) is 2.39. The van der Waals surface area contributed by atoms with E-state index in [1.165, 1.54) is 0 Å². The number of amides is 2. The highest BCUT2D eigenvalue weighted by atomic mass is 32.1. The number of aromatic nitrogens is 1. The number of carbonyl (C=O) groups excluding carboxylic acids is 2. The number of nitrogens with one attached hydrogen (secondary N) is 1. The Kier molecular flexibility index (Phi) is 3.76. The molecule has 0 saturated carbocycles. The Morgan fingerprint density at radius 2 is 2.11 bits per heavy atom. The number of carbonyl (C=O) groups is 2. The standard InChI is InChI=1S/C14H20N2O2S/c1-5-8-9(6-11(17)16-12(8)18)10-7-19-13(15-10)14(2,3)4/h7-9H,5-6H2,1-4H3,(H,16,17,18). The Balaban J connectivity index is 2.30. The third-order valence-corrected chi connectivity index (χ3v) is 4.76. The Labute approximate surface area is 117 Å². The van der Waals surface area contributed by atoms with Crippen molar-refractivity contribution in [3.05, 3.63) is 16.1 Å². The molecule has 2 atom stereocenters. The van der Waals surface area contributed by atoms with Gasteiger partial charge in [0.1, 0.15) is 0 Å². The summed E-state index contributed by atoms with van der Waals surface area (Å²) in [5, 5.41) is 5.47. The van der Waals surface area contributed by atoms with E-state index >= 15 is 0 Å². The van der Waals surface area contributed by atoms with Gasteiger partial charge in [-0.1, -0.05) is 27.7 Å². The third-order valence-electron chi connectivity index (χ3n) is 3.47. The average Bonchev–Trinajstić information content (AvgIpc) is 2.76. The molecule has 104 valence electrons. The molecule has 0 bridgehead atoms. The van der Waals surface area contributed by atoms with E-state index in [0.717, 1.165) is 17.1 Å². The van der Waals surface area contributed by atoms with Crippen molar-refractivity contribution in [2.24, 2.45) is 5.92 Å². The topological polar surface area (TPSA) is 59.1 Å². The van der Waals surface area contributed by atoms with Crippen molar-refractivity contribution < 1.29 is 9.59 Å². The molecule has 2 amide bonds. The van der Waals surface area contributed by atoms with Gasteiger partial charge in [0.15, 0.2) is 0 Å². The molecule has 0 aromatic carbocycles. The van der Waals surface area contributed by atoms with E-state index in [0.29, 0.717) is 6.42 Å². The number of hydrogen-bond acceptors (Lipinski definition) is 4. The van der Waals surface area contributed by atoms with Gasteiger partial charge in [0.2, 0.25) is 11.8 Å². The number of rotatable bonds is 2. The first-order valence-electron chi connectivity index (χ1n) is 6.62. The van der Waals surface area contributed by atoms with Crippen molar-refractivity contribution in [1.82, 2.24) is 10.3 Å². The van der Waals surface area contributed by atoms with Gasteiger partial charge in [-0.2, -0.15) is 0 Å². The van der Waals surface area contributed by atoms with E-state index in [-0.39, 0.29) is 29.1 Å². The van der Waals surface area contributed by atoms with E-state index in [1.807, 2.05) is 12.3 Å². The van der Waals surface area contributed by atoms with Gasteiger partial charge in [-0.15, -0.1) is 11.3 Å². The summed E-state index contributed by atoms with van der Waals surface area (Å²) in [6, 6.07) is 0. The van der Waals surface area contributed by atoms with Crippen LogP contribution < -0.4 is 5.32 Å². The Morgan fingerprint density at radius 3 is 2.63 bits per heavy atom. The minimum Gasteiger partial charge on any atom is -0.296 e. The lowest BCUT2D eigenvalue weighted by Gasteiger charge is -2.28. The Hall–Kier alpha value is -1.23. The first-order chi connectivity index (χ1) is 8.82. The summed E-state index contributed by atoms with van der Waals surface area (Å²) in [6.07, 6.45) is 1.09. The van der Waals surface area contributed by atoms with Crippen molar-refractivity contribution in [3.8, 4) is 0 Å². The van der Waals surface area contributed by atoms with Gasteiger partial charge in [-0.25, -0.2) is 4.98 Å². The molecule has 1 aliphatic heterocycles. The van der Waals surface area contributed by atoms with Gasteiger partial charge in [-0.05, 0) is 6.42 Å². The molecule has 0 spiro atoms. The minimum atomic E-state index is -0.190. The second-order valence-electron chi connectivity index (χ2n) is 6.07. The van der Waals surface area contributed by atoms with E-state index < -0.39 is 0 Å². The van der Waals surface area contributed by atoms with Crippen molar-refractivity contribution in [2.75, 3.05) is 0 Å². The monoisotopic (exact) mass is 280 g/mol. The fourth-order valence-corrected chi connectivity index (χ4v) is 3.36. The van der Waals surface area contributed by atoms with Gasteiger partial charge < -0.3 is 0 Å². The van der Waals surface area contributed by atoms with Crippen LogP contribution in [0.15, 0.2) is 5.38 Å². The van der Waals surface area contributed by atoms with Crippen LogP contribution >= 0.6 is 11.3 Å². The highest BCUT2D eigenvalue weighted by molar-refractivity contribution is 7.09. The zero-order valence-corrected chi connectivity index (χ0v) is 12.6. The zero-order valence-electron chi connectivity index (χ0n) is 11.8. The molecule has 19 heavy (non-hydrogen) atoms. The van der Waals surface area contributed by atoms with Crippen LogP contribution in [0, 0.1) is 5.92 Å². The minimum absolute atomic E-state index is 0.00552. The number of imide groups is 1. The van der Waals surface area contributed by atoms with E-state index in [9.17, 15) is 9.59 Å². The largest absolute Gasteiger partial charge is 0.296 e. The van der Waals surface area contributed by atoms with Crippen LogP contribution in [0.1, 0.15) is 57.2 Å². The molecule has 2 rings (SSSR count). The molecule has 1 aliphatic rings. The number of hydrogen-bond donors (Lipinski definition) is 1. The normalized spacial score (nSPS) is 24.4. The number of thiazole rings is 1. The quantitative estimate of drug-likeness (QED) is 0.847. The van der Waals surface area contributed by atoms with Gasteiger partial charge in [-0.3, -0.25) is 14.9 Å². The molecule has 0 radical (unpaired) electrons. The summed E-state index contributed by atoms with van der Waals surface area (Å²) < 4.78 is 0. The molecule has 0 aliphatic carbocycles. The molecule has 2 heterocycles. The number of nitrogens with zero attached hydrogens (tertiary/aromatic N) is 1. The Bertz CT molecular complexity index is 502. The van der Waals surface area contributed by atoms with Crippen molar-refractivity contribution in [3.63, 3.8) is 0 Å². The maximum absolute atomic E-state index is 11.9. The zero-order chi connectivity index (χ0) is 14.2. The average molecular weight is 280 g/mol. The summed E-state index contributed by atoms with van der Waals surface area (Å²) in [7, 11) is 0. The first-order valence-corrected chi connectivity index (χ1v) is 7.50. The molecule has 4 nitrogen and oxygen atoms in total. The molecule has 5 heteroatoms. The van der Waals surface area contributed by atoms with Gasteiger partial charge in [0, 0.05) is 29.1 Å². The van der Waals surface area contributed by atoms with Crippen LogP contribution in [-0.4, -0.2) is 16.8 Å². The van der Waals surface area contributed by atoms with Crippen LogP contribution in [0.4, 0.5) is 0 Å². The molecule has 1 saturated heterocycles. The van der Waals surface area contributed by atoms with Gasteiger partial charge >= 0.3 is 0 Å². The lowest BCUT2D eigenvalue weighted by Crippen LogP contribution is -2.44. The van der Waals surface area contributed by atoms with Crippen LogP contribution in [0.5, 0.6) is 0 Å². The summed E-state index contributed by atoms with van der Waals surface area (Å²) in [6.45, 7) is 8.33. The first kappa shape index (κ1) is 14.2. The smallest absolute Gasteiger partial charge is 0.230 e. The lowest BCUT2D eigenvalue weighted by atomic mass is 9.82. The predicted molar refractivity (Wildman–Crippen MR) is 75.1 cm³/mol. The maximum Gasteiger partial charge on any atom is 0.230 e. The maximum atomic E-state index is 11.9. The molecule has 1 aromatic heterocycles. The van der Waals surface area contributed by atoms with E-state index in [4.69, 9.17) is 0 Å². The highest BCUT2D eigenvalue weighted by Gasteiger charge is 2.37. The summed E-state index contributed by atoms with van der Waals surface area (Å²) >= 11 is 1.61. The van der Waals surface area contributed by atoms with Crippen molar-refractivity contribution in [2.45, 2.75) is 51.9 Å². The predicted octanol–water partition coefficient (Wildman–Crippen LogP) is 2.60. The number of piperidine rings is 1. The van der Waals surface area contributed by atoms with E-state index in [1.54, 1.807) is 11.3 Å². The van der Waals surface area contributed by atoms with Crippen molar-refractivity contribution >= 4 is 23.2 Å². The van der Waals surface area contributed by atoms with Crippen molar-refractivity contribution in [1.29, 1.82) is 0 Å². The van der Waals surface area contributed by atoms with Gasteiger partial charge in [0.25, 0.3) is 0 Å². The van der Waals surface area contributed by atoms with Crippen LogP contribution in [0.3, 0.4) is 0 Å². The second-order valence-corrected chi connectivity index (χ2v) is 6.92. The van der Waals surface area contributed by atoms with E-state index in [2.05, 4.69) is 31.1 Å². The summed E-state index contributed by atoms with van der Waals surface area (Å²) in [4.78, 5) is 28.1. The van der Waals surface area contributed by atoms with Gasteiger partial charge in [0.05, 0.1) is 10.7 Å². The second kappa shape index (κ2) is 5.04. The summed E-state index contributed by atoms with van der Waals surface area (Å²) in [5.74, 6) is -0.565. The SMILES string of the molecule is CCC1C(=O)NC(=O)CC1c1csc(C(C)(C)C)n1. The molecule has 1 fully saturated rings. The fraction of sp³-hybridized carbons (Fsp3) is 0.643. The molecule has 2 unspecified atom stereocenters. The molecular weight excluding hydrogens is 260 g/mol. The molecule has 1 N–H and O–H groups in total. The molecule has 1 aromatic rings. The third kappa shape index (κ3) is 2.86. The van der Waals surface area contributed by atoms with Crippen LogP contribution in [0.2, 0.25) is 0 Å². The van der Waals surface area contributed by atoms with Crippen LogP contribution in [0.25, 0.3) is 0 Å². The lowest BCUT2D eigenvalue weighted by molar-refractivity contribution is -0.137. The Morgan fingerprint density at radius 1 is 1.42 bits per heavy atom.